The molecule has 1 amide bonds. The number of nitrogens with zero attached hydrogens (tertiary/aromatic N) is 1. The zero-order valence-corrected chi connectivity index (χ0v) is 10.0. The van der Waals surface area contributed by atoms with E-state index < -0.39 is 0 Å². The number of aromatic nitrogens is 1. The Labute approximate surface area is 100 Å². The highest BCUT2D eigenvalue weighted by Gasteiger charge is 2.05. The van der Waals surface area contributed by atoms with Gasteiger partial charge in [-0.2, -0.15) is 0 Å². The van der Waals surface area contributed by atoms with Gasteiger partial charge in [-0.1, -0.05) is 0 Å². The van der Waals surface area contributed by atoms with Gasteiger partial charge in [-0.15, -0.1) is 0 Å². The number of amides is 1. The number of rotatable bonds is 7. The first-order valence-electron chi connectivity index (χ1n) is 5.26. The smallest absolute Gasteiger partial charge is 0.239 e. The van der Waals surface area contributed by atoms with Crippen LogP contribution in [-0.2, 0) is 9.53 Å². The molecular formula is C11H17N3O3. The molecule has 17 heavy (non-hydrogen) atoms. The predicted molar refractivity (Wildman–Crippen MR) is 64.2 cm³/mol. The van der Waals surface area contributed by atoms with Gasteiger partial charge in [0, 0.05) is 19.9 Å². The molecule has 0 unspecified atom stereocenters. The molecule has 1 heterocycles. The van der Waals surface area contributed by atoms with E-state index in [1.807, 2.05) is 0 Å². The highest BCUT2D eigenvalue weighted by Crippen LogP contribution is 2.19. The second-order valence-corrected chi connectivity index (χ2v) is 3.25. The highest BCUT2D eigenvalue weighted by atomic mass is 16.5. The van der Waals surface area contributed by atoms with E-state index >= 15 is 0 Å². The van der Waals surface area contributed by atoms with Crippen molar-refractivity contribution in [2.45, 2.75) is 0 Å². The van der Waals surface area contributed by atoms with E-state index in [1.54, 1.807) is 32.5 Å². The first-order valence-corrected chi connectivity index (χ1v) is 5.26. The first-order chi connectivity index (χ1) is 8.27. The minimum Gasteiger partial charge on any atom is -0.493 e. The number of nitrogens with one attached hydrogen (secondary N) is 2. The Morgan fingerprint density at radius 1 is 1.47 bits per heavy atom. The lowest BCUT2D eigenvalue weighted by Crippen LogP contribution is -2.32. The van der Waals surface area contributed by atoms with Gasteiger partial charge in [0.1, 0.15) is 0 Å². The fraction of sp³-hybridized carbons (Fsp3) is 0.455. The lowest BCUT2D eigenvalue weighted by molar-refractivity contribution is -0.119. The Bertz CT molecular complexity index is 358. The van der Waals surface area contributed by atoms with Crippen LogP contribution in [0.2, 0.25) is 0 Å². The fourth-order valence-corrected chi connectivity index (χ4v) is 1.21. The van der Waals surface area contributed by atoms with Crippen LogP contribution in [0.3, 0.4) is 0 Å². The van der Waals surface area contributed by atoms with E-state index in [0.29, 0.717) is 24.7 Å². The molecule has 6 heteroatoms. The van der Waals surface area contributed by atoms with Crippen molar-refractivity contribution in [2.75, 3.05) is 39.2 Å². The summed E-state index contributed by atoms with van der Waals surface area (Å²) >= 11 is 0. The summed E-state index contributed by atoms with van der Waals surface area (Å²) in [6.07, 6.45) is 1.63. The number of hydrogen-bond acceptors (Lipinski definition) is 5. The molecule has 0 spiro atoms. The van der Waals surface area contributed by atoms with Crippen molar-refractivity contribution in [1.82, 2.24) is 10.3 Å². The minimum absolute atomic E-state index is 0.116. The van der Waals surface area contributed by atoms with Crippen LogP contribution in [0.25, 0.3) is 0 Å². The van der Waals surface area contributed by atoms with Crippen LogP contribution in [0.1, 0.15) is 0 Å². The minimum atomic E-state index is -0.116. The third-order valence-corrected chi connectivity index (χ3v) is 2.04. The highest BCUT2D eigenvalue weighted by molar-refractivity contribution is 5.80. The molecule has 0 radical (unpaired) electrons. The lowest BCUT2D eigenvalue weighted by Gasteiger charge is -2.09. The van der Waals surface area contributed by atoms with E-state index in [-0.39, 0.29) is 12.5 Å². The van der Waals surface area contributed by atoms with E-state index in [1.165, 1.54) is 0 Å². The largest absolute Gasteiger partial charge is 0.493 e. The standard InChI is InChI=1S/C11H17N3O3/c1-16-7-6-12-10(15)8-14-11-9(17-2)4-3-5-13-11/h3-5H,6-8H2,1-2H3,(H,12,15)(H,13,14). The number of ether oxygens (including phenoxy) is 2. The molecule has 2 N–H and O–H groups in total. The molecule has 6 nitrogen and oxygen atoms in total. The van der Waals surface area contributed by atoms with Crippen molar-refractivity contribution in [2.24, 2.45) is 0 Å². The second-order valence-electron chi connectivity index (χ2n) is 3.25. The van der Waals surface area contributed by atoms with Crippen LogP contribution in [0, 0.1) is 0 Å². The maximum atomic E-state index is 11.4. The van der Waals surface area contributed by atoms with Gasteiger partial charge >= 0.3 is 0 Å². The number of methoxy groups -OCH3 is 2. The van der Waals surface area contributed by atoms with E-state index in [9.17, 15) is 4.79 Å². The molecule has 1 aromatic rings. The van der Waals surface area contributed by atoms with E-state index in [0.717, 1.165) is 0 Å². The third-order valence-electron chi connectivity index (χ3n) is 2.04. The van der Waals surface area contributed by atoms with Gasteiger partial charge < -0.3 is 20.1 Å². The molecule has 0 aromatic carbocycles. The lowest BCUT2D eigenvalue weighted by atomic mass is 10.4. The van der Waals surface area contributed by atoms with Crippen molar-refractivity contribution in [3.63, 3.8) is 0 Å². The zero-order chi connectivity index (χ0) is 12.5. The topological polar surface area (TPSA) is 72.5 Å². The summed E-state index contributed by atoms with van der Waals surface area (Å²) < 4.78 is 9.92. The number of pyridine rings is 1. The Morgan fingerprint density at radius 3 is 3.00 bits per heavy atom. The van der Waals surface area contributed by atoms with Gasteiger partial charge in [0.05, 0.1) is 20.3 Å². The summed E-state index contributed by atoms with van der Waals surface area (Å²) in [6, 6.07) is 3.54. The molecule has 1 rings (SSSR count). The Morgan fingerprint density at radius 2 is 2.29 bits per heavy atom. The van der Waals surface area contributed by atoms with Crippen LogP contribution < -0.4 is 15.4 Å². The van der Waals surface area contributed by atoms with Gasteiger partial charge in [0.2, 0.25) is 5.91 Å². The van der Waals surface area contributed by atoms with Gasteiger partial charge in [-0.25, -0.2) is 4.98 Å². The maximum Gasteiger partial charge on any atom is 0.239 e. The number of anilines is 1. The second kappa shape index (κ2) is 7.45. The number of carbonyl (C=O) groups excluding carboxylic acids is 1. The van der Waals surface area contributed by atoms with Crippen LogP contribution in [-0.4, -0.2) is 44.8 Å². The molecule has 0 fully saturated rings. The Kier molecular flexibility index (Phi) is 5.81. The monoisotopic (exact) mass is 239 g/mol. The molecule has 0 aliphatic carbocycles. The molecular weight excluding hydrogens is 222 g/mol. The van der Waals surface area contributed by atoms with Crippen molar-refractivity contribution in [3.05, 3.63) is 18.3 Å². The average molecular weight is 239 g/mol. The molecule has 0 aliphatic heterocycles. The quantitative estimate of drug-likeness (QED) is 0.668. The molecule has 0 atom stereocenters. The van der Waals surface area contributed by atoms with E-state index in [4.69, 9.17) is 9.47 Å². The van der Waals surface area contributed by atoms with Crippen LogP contribution in [0.4, 0.5) is 5.82 Å². The summed E-state index contributed by atoms with van der Waals surface area (Å²) in [5, 5.41) is 5.60. The van der Waals surface area contributed by atoms with Crippen molar-refractivity contribution in [3.8, 4) is 5.75 Å². The third kappa shape index (κ3) is 4.69. The average Bonchev–Trinajstić information content (AvgIpc) is 2.37. The SMILES string of the molecule is COCCNC(=O)CNc1ncccc1OC. The Hall–Kier alpha value is -1.82. The number of carbonyl (C=O) groups is 1. The normalized spacial score (nSPS) is 9.76. The van der Waals surface area contributed by atoms with Crippen molar-refractivity contribution < 1.29 is 14.3 Å². The van der Waals surface area contributed by atoms with Crippen LogP contribution in [0.5, 0.6) is 5.75 Å². The summed E-state index contributed by atoms with van der Waals surface area (Å²) in [7, 11) is 3.14. The van der Waals surface area contributed by atoms with Crippen molar-refractivity contribution in [1.29, 1.82) is 0 Å². The van der Waals surface area contributed by atoms with Crippen LogP contribution in [0.15, 0.2) is 18.3 Å². The van der Waals surface area contributed by atoms with Gasteiger partial charge in [0.15, 0.2) is 11.6 Å². The van der Waals surface area contributed by atoms with E-state index in [2.05, 4.69) is 15.6 Å². The van der Waals surface area contributed by atoms with Gasteiger partial charge in [0.25, 0.3) is 0 Å². The summed E-state index contributed by atoms with van der Waals surface area (Å²) in [5.41, 5.74) is 0. The van der Waals surface area contributed by atoms with Crippen LogP contribution >= 0.6 is 0 Å². The van der Waals surface area contributed by atoms with Crippen molar-refractivity contribution >= 4 is 11.7 Å². The zero-order valence-electron chi connectivity index (χ0n) is 10.0. The maximum absolute atomic E-state index is 11.4. The predicted octanol–water partition coefficient (Wildman–Crippen LogP) is 0.265. The van der Waals surface area contributed by atoms with Gasteiger partial charge in [-0.3, -0.25) is 4.79 Å². The molecule has 1 aromatic heterocycles. The Balaban J connectivity index is 2.36. The van der Waals surface area contributed by atoms with Gasteiger partial charge in [-0.05, 0) is 12.1 Å². The summed E-state index contributed by atoms with van der Waals surface area (Å²) in [4.78, 5) is 15.5. The molecule has 0 bridgehead atoms. The molecule has 0 saturated carbocycles. The summed E-state index contributed by atoms with van der Waals surface area (Å²) in [6.45, 7) is 1.14. The number of hydrogen-bond donors (Lipinski definition) is 2. The fourth-order valence-electron chi connectivity index (χ4n) is 1.21. The molecule has 0 saturated heterocycles. The molecule has 94 valence electrons. The first kappa shape index (κ1) is 13.2. The molecule has 0 aliphatic rings. The summed E-state index contributed by atoms with van der Waals surface area (Å²) in [5.74, 6) is 1.05.